The Hall–Kier alpha value is -5.10. The van der Waals surface area contributed by atoms with Crippen LogP contribution in [0.1, 0.15) is 37.7 Å². The van der Waals surface area contributed by atoms with Crippen molar-refractivity contribution >= 4 is 33.6 Å². The average Bonchev–Trinajstić information content (AvgIpc) is 3.36. The molecule has 0 atom stereocenters. The quantitative estimate of drug-likeness (QED) is 0.290. The lowest BCUT2D eigenvalue weighted by molar-refractivity contribution is 0.103. The van der Waals surface area contributed by atoms with E-state index in [4.69, 9.17) is 9.97 Å². The van der Waals surface area contributed by atoms with Crippen molar-refractivity contribution in [3.05, 3.63) is 107 Å². The van der Waals surface area contributed by atoms with Crippen LogP contribution >= 0.6 is 0 Å². The molecule has 0 unspecified atom stereocenters. The van der Waals surface area contributed by atoms with E-state index >= 15 is 0 Å². The van der Waals surface area contributed by atoms with Crippen molar-refractivity contribution in [3.8, 4) is 33.6 Å². The summed E-state index contributed by atoms with van der Waals surface area (Å²) in [5.74, 6) is -0.248. The number of rotatable bonds is 1. The number of aryl methyl sites for hydroxylation is 1. The van der Waals surface area contributed by atoms with Gasteiger partial charge in [-0.1, -0.05) is 42.5 Å². The summed E-state index contributed by atoms with van der Waals surface area (Å²) in [7, 11) is 0. The van der Waals surface area contributed by atoms with Gasteiger partial charge in [0.05, 0.1) is 22.1 Å². The number of hydrogen-bond donors (Lipinski definition) is 0. The predicted molar refractivity (Wildman–Crippen MR) is 141 cm³/mol. The Morgan fingerprint density at radius 1 is 0.486 bits per heavy atom. The van der Waals surface area contributed by atoms with Gasteiger partial charge >= 0.3 is 0 Å². The summed E-state index contributed by atoms with van der Waals surface area (Å²) < 4.78 is 0. The molecule has 0 bridgehead atoms. The summed E-state index contributed by atoms with van der Waals surface area (Å²) in [6.45, 7) is 2.01. The number of carbonyl (C=O) groups excluding carboxylic acids is 2. The molecule has 0 saturated heterocycles. The van der Waals surface area contributed by atoms with Crippen molar-refractivity contribution in [2.24, 2.45) is 0 Å². The van der Waals surface area contributed by atoms with E-state index in [9.17, 15) is 9.59 Å². The highest BCUT2D eigenvalue weighted by atomic mass is 16.1. The van der Waals surface area contributed by atoms with E-state index in [1.807, 2.05) is 85.8 Å². The molecule has 2 aliphatic carbocycles. The van der Waals surface area contributed by atoms with Crippen molar-refractivity contribution in [2.75, 3.05) is 0 Å². The van der Waals surface area contributed by atoms with Crippen LogP contribution in [0, 0.1) is 6.92 Å². The van der Waals surface area contributed by atoms with Crippen molar-refractivity contribution in [1.82, 2.24) is 19.9 Å². The van der Waals surface area contributed by atoms with E-state index < -0.39 is 0 Å². The topological polar surface area (TPSA) is 85.7 Å². The Kier molecular flexibility index (Phi) is 3.80. The normalized spacial score (nSPS) is 13.1. The van der Waals surface area contributed by atoms with Crippen LogP contribution in [0.15, 0.2) is 78.9 Å². The third-order valence-corrected chi connectivity index (χ3v) is 7.20. The minimum atomic E-state index is -0.124. The molecular weight excluding hydrogens is 460 g/mol. The maximum Gasteiger partial charge on any atom is 0.214 e. The van der Waals surface area contributed by atoms with Gasteiger partial charge in [-0.25, -0.2) is 19.9 Å². The molecule has 0 radical (unpaired) electrons. The molecule has 0 fully saturated rings. The van der Waals surface area contributed by atoms with Gasteiger partial charge in [-0.2, -0.15) is 0 Å². The molecular formula is C31H16N4O2. The zero-order valence-corrected chi connectivity index (χ0v) is 19.6. The second kappa shape index (κ2) is 6.98. The number of hydrogen-bond acceptors (Lipinski definition) is 6. The van der Waals surface area contributed by atoms with Gasteiger partial charge < -0.3 is 0 Å². The Balaban J connectivity index is 1.36. The van der Waals surface area contributed by atoms with Crippen LogP contribution in [0.4, 0.5) is 0 Å². The fraction of sp³-hybridized carbons (Fsp3) is 0.0323. The van der Waals surface area contributed by atoms with Gasteiger partial charge in [-0.15, -0.1) is 0 Å². The first-order valence-corrected chi connectivity index (χ1v) is 12.0. The molecule has 172 valence electrons. The number of para-hydroxylation sites is 2. The van der Waals surface area contributed by atoms with Crippen LogP contribution in [-0.4, -0.2) is 31.5 Å². The summed E-state index contributed by atoms with van der Waals surface area (Å²) in [6.07, 6.45) is 0. The molecule has 0 saturated carbocycles. The molecule has 4 aromatic carbocycles. The van der Waals surface area contributed by atoms with Crippen molar-refractivity contribution < 1.29 is 9.59 Å². The number of benzene rings is 4. The van der Waals surface area contributed by atoms with E-state index in [2.05, 4.69) is 9.97 Å². The Bertz CT molecular complexity index is 2040. The molecule has 2 aliphatic rings. The minimum Gasteiger partial charge on any atom is -0.287 e. The van der Waals surface area contributed by atoms with Gasteiger partial charge in [0.1, 0.15) is 22.8 Å². The van der Waals surface area contributed by atoms with Crippen LogP contribution in [0.5, 0.6) is 0 Å². The van der Waals surface area contributed by atoms with Crippen LogP contribution in [0.25, 0.3) is 55.7 Å². The number of fused-ring (bicyclic) bond motifs is 8. The average molecular weight is 476 g/mol. The van der Waals surface area contributed by atoms with Crippen LogP contribution < -0.4 is 0 Å². The lowest BCUT2D eigenvalue weighted by Gasteiger charge is -2.11. The molecule has 0 N–H and O–H groups in total. The highest BCUT2D eigenvalue weighted by Crippen LogP contribution is 2.44. The first-order valence-electron chi connectivity index (χ1n) is 12.0. The zero-order chi connectivity index (χ0) is 24.8. The molecule has 0 amide bonds. The highest BCUT2D eigenvalue weighted by molar-refractivity contribution is 6.23. The summed E-state index contributed by atoms with van der Waals surface area (Å²) in [5.41, 5.74) is 10.3. The third-order valence-electron chi connectivity index (χ3n) is 7.20. The third kappa shape index (κ3) is 2.69. The first-order chi connectivity index (χ1) is 18.1. The largest absolute Gasteiger partial charge is 0.287 e. The van der Waals surface area contributed by atoms with Crippen molar-refractivity contribution in [1.29, 1.82) is 0 Å². The van der Waals surface area contributed by atoms with Crippen LogP contribution in [0.3, 0.4) is 0 Å². The van der Waals surface area contributed by atoms with Gasteiger partial charge in [-0.05, 0) is 60.0 Å². The van der Waals surface area contributed by atoms with Crippen molar-refractivity contribution in [2.45, 2.75) is 6.92 Å². The molecule has 8 rings (SSSR count). The Morgan fingerprint density at radius 3 is 1.95 bits per heavy atom. The van der Waals surface area contributed by atoms with Gasteiger partial charge in [0.2, 0.25) is 11.6 Å². The zero-order valence-electron chi connectivity index (χ0n) is 19.6. The minimum absolute atomic E-state index is 0.124. The SMILES string of the molecule is Cc1ccc2nc3c(nc2c1)-c1c(cccc1-c1ccc2c(c1)-c1nc4ccccc4nc1C2=O)C3=O. The van der Waals surface area contributed by atoms with Gasteiger partial charge in [-0.3, -0.25) is 9.59 Å². The second-order valence-electron chi connectivity index (χ2n) is 9.47. The first kappa shape index (κ1) is 20.1. The molecule has 0 aliphatic heterocycles. The molecule has 2 heterocycles. The molecule has 6 nitrogen and oxygen atoms in total. The van der Waals surface area contributed by atoms with Crippen LogP contribution in [0.2, 0.25) is 0 Å². The summed E-state index contributed by atoms with van der Waals surface area (Å²) in [5, 5.41) is 0. The Morgan fingerprint density at radius 2 is 1.14 bits per heavy atom. The maximum absolute atomic E-state index is 13.3. The maximum atomic E-state index is 13.3. The van der Waals surface area contributed by atoms with Gasteiger partial charge in [0.15, 0.2) is 0 Å². The second-order valence-corrected chi connectivity index (χ2v) is 9.47. The van der Waals surface area contributed by atoms with E-state index in [0.717, 1.165) is 38.9 Å². The number of aromatic nitrogens is 4. The van der Waals surface area contributed by atoms with E-state index in [1.165, 1.54) is 0 Å². The van der Waals surface area contributed by atoms with E-state index in [-0.39, 0.29) is 11.6 Å². The van der Waals surface area contributed by atoms with E-state index in [1.54, 1.807) is 0 Å². The fourth-order valence-electron chi connectivity index (χ4n) is 5.44. The van der Waals surface area contributed by atoms with Crippen molar-refractivity contribution in [3.63, 3.8) is 0 Å². The lowest BCUT2D eigenvalue weighted by Crippen LogP contribution is -2.00. The molecule has 2 aromatic heterocycles. The standard InChI is InChI=1S/C31H16N4O2/c1-15-9-12-23-24(13-15)35-27-25-17(5-4-6-19(25)31(37)29(27)34-23)16-10-11-18-20(14-16)26-28(30(18)36)33-22-8-3-2-7-21(22)32-26/h2-14H,1H3. The Labute approximate surface area is 210 Å². The summed E-state index contributed by atoms with van der Waals surface area (Å²) in [4.78, 5) is 45.5. The smallest absolute Gasteiger partial charge is 0.214 e. The monoisotopic (exact) mass is 476 g/mol. The van der Waals surface area contributed by atoms with Gasteiger partial charge in [0.25, 0.3) is 0 Å². The number of ketones is 2. The molecule has 6 aromatic rings. The molecule has 6 heteroatoms. The summed E-state index contributed by atoms with van der Waals surface area (Å²) >= 11 is 0. The molecule has 0 spiro atoms. The fourth-order valence-corrected chi connectivity index (χ4v) is 5.44. The van der Waals surface area contributed by atoms with Gasteiger partial charge in [0, 0.05) is 22.3 Å². The number of nitrogens with zero attached hydrogens (tertiary/aromatic N) is 4. The van der Waals surface area contributed by atoms with E-state index in [0.29, 0.717) is 44.9 Å². The highest BCUT2D eigenvalue weighted by Gasteiger charge is 2.34. The van der Waals surface area contributed by atoms with Crippen LogP contribution in [-0.2, 0) is 0 Å². The number of carbonyl (C=O) groups is 2. The lowest BCUT2D eigenvalue weighted by atomic mass is 9.93. The predicted octanol–water partition coefficient (Wildman–Crippen LogP) is 5.97. The molecule has 37 heavy (non-hydrogen) atoms. The summed E-state index contributed by atoms with van der Waals surface area (Å²) in [6, 6.07) is 24.8.